The van der Waals surface area contributed by atoms with Crippen LogP contribution in [0.1, 0.15) is 12.5 Å². The second kappa shape index (κ2) is 8.88. The van der Waals surface area contributed by atoms with Crippen LogP contribution < -0.4 is 9.47 Å². The van der Waals surface area contributed by atoms with Gasteiger partial charge in [0.15, 0.2) is 5.60 Å². The lowest BCUT2D eigenvalue weighted by atomic mass is 9.88. The number of rotatable bonds is 5. The van der Waals surface area contributed by atoms with Crippen LogP contribution in [0.2, 0.25) is 10.0 Å². The van der Waals surface area contributed by atoms with Gasteiger partial charge in [0.2, 0.25) is 6.29 Å². The first-order valence-corrected chi connectivity index (χ1v) is 10.0. The molecule has 1 unspecified atom stereocenters. The zero-order chi connectivity index (χ0) is 22.2. The molecule has 1 saturated heterocycles. The maximum Gasteiger partial charge on any atom is 0.231 e. The summed E-state index contributed by atoms with van der Waals surface area (Å²) >= 11 is 12.2. The minimum absolute atomic E-state index is 0.379. The van der Waals surface area contributed by atoms with Gasteiger partial charge < -0.3 is 34.6 Å². The van der Waals surface area contributed by atoms with Gasteiger partial charge in [-0.25, -0.2) is 0 Å². The molecule has 30 heavy (non-hydrogen) atoms. The van der Waals surface area contributed by atoms with Crippen LogP contribution in [-0.4, -0.2) is 64.3 Å². The SMILES string of the molecule is COc1cc(Cl)c(Cl)cc1-c1ccc(O[C@H]2OC(CO)[C@@H](O)[C@H](O)[C@]2(C)O)c(C)c1. The van der Waals surface area contributed by atoms with Gasteiger partial charge in [0.25, 0.3) is 0 Å². The molecule has 164 valence electrons. The molecule has 9 heteroatoms. The lowest BCUT2D eigenvalue weighted by Crippen LogP contribution is -2.66. The van der Waals surface area contributed by atoms with E-state index in [9.17, 15) is 20.4 Å². The van der Waals surface area contributed by atoms with E-state index >= 15 is 0 Å². The zero-order valence-corrected chi connectivity index (χ0v) is 18.2. The maximum atomic E-state index is 10.6. The van der Waals surface area contributed by atoms with Crippen LogP contribution in [0.15, 0.2) is 30.3 Å². The van der Waals surface area contributed by atoms with Gasteiger partial charge in [0.1, 0.15) is 29.8 Å². The van der Waals surface area contributed by atoms with Crippen molar-refractivity contribution in [2.75, 3.05) is 13.7 Å². The zero-order valence-electron chi connectivity index (χ0n) is 16.7. The monoisotopic (exact) mass is 458 g/mol. The predicted octanol–water partition coefficient (Wildman–Crippen LogP) is 2.55. The minimum Gasteiger partial charge on any atom is -0.496 e. The molecule has 4 N–H and O–H groups in total. The number of aryl methyl sites for hydroxylation is 1. The first kappa shape index (κ1) is 23.1. The average molecular weight is 459 g/mol. The van der Waals surface area contributed by atoms with Gasteiger partial charge in [0.05, 0.1) is 23.8 Å². The van der Waals surface area contributed by atoms with E-state index < -0.39 is 36.8 Å². The molecular formula is C21H24Cl2O7. The normalized spacial score (nSPS) is 29.0. The van der Waals surface area contributed by atoms with Crippen LogP contribution in [0, 0.1) is 6.92 Å². The van der Waals surface area contributed by atoms with Crippen molar-refractivity contribution in [3.63, 3.8) is 0 Å². The van der Waals surface area contributed by atoms with Crippen LogP contribution in [0.3, 0.4) is 0 Å². The molecule has 2 aromatic carbocycles. The van der Waals surface area contributed by atoms with Gasteiger partial charge in [-0.3, -0.25) is 0 Å². The quantitative estimate of drug-likeness (QED) is 0.544. The number of aliphatic hydroxyl groups excluding tert-OH is 3. The smallest absolute Gasteiger partial charge is 0.231 e. The highest BCUT2D eigenvalue weighted by atomic mass is 35.5. The summed E-state index contributed by atoms with van der Waals surface area (Å²) in [5.41, 5.74) is 0.348. The highest BCUT2D eigenvalue weighted by Gasteiger charge is 2.53. The van der Waals surface area contributed by atoms with E-state index in [1.54, 1.807) is 31.2 Å². The van der Waals surface area contributed by atoms with E-state index in [0.29, 0.717) is 27.1 Å². The number of aliphatic hydroxyl groups is 4. The van der Waals surface area contributed by atoms with E-state index in [1.165, 1.54) is 14.0 Å². The molecule has 0 amide bonds. The second-order valence-electron chi connectivity index (χ2n) is 7.42. The van der Waals surface area contributed by atoms with Gasteiger partial charge in [-0.1, -0.05) is 29.3 Å². The fraction of sp³-hybridized carbons (Fsp3) is 0.429. The molecule has 5 atom stereocenters. The molecule has 3 rings (SSSR count). The third-order valence-corrected chi connectivity index (χ3v) is 5.94. The molecule has 7 nitrogen and oxygen atoms in total. The molecule has 1 fully saturated rings. The van der Waals surface area contributed by atoms with Crippen molar-refractivity contribution in [3.8, 4) is 22.6 Å². The summed E-state index contributed by atoms with van der Waals surface area (Å²) in [5.74, 6) is 0.947. The largest absolute Gasteiger partial charge is 0.496 e. The molecule has 0 spiro atoms. The Kier molecular flexibility index (Phi) is 6.84. The molecule has 0 bridgehead atoms. The predicted molar refractivity (Wildman–Crippen MR) is 112 cm³/mol. The first-order valence-electron chi connectivity index (χ1n) is 9.25. The van der Waals surface area contributed by atoms with Crippen molar-refractivity contribution in [2.45, 2.75) is 44.1 Å². The van der Waals surface area contributed by atoms with Gasteiger partial charge in [0, 0.05) is 11.6 Å². The number of hydrogen-bond acceptors (Lipinski definition) is 7. The number of methoxy groups -OCH3 is 1. The molecule has 1 aliphatic rings. The molecule has 2 aromatic rings. The fourth-order valence-electron chi connectivity index (χ4n) is 3.35. The van der Waals surface area contributed by atoms with Gasteiger partial charge in [-0.15, -0.1) is 0 Å². The summed E-state index contributed by atoms with van der Waals surface area (Å²) in [6.45, 7) is 2.56. The summed E-state index contributed by atoms with van der Waals surface area (Å²) in [6, 6.07) is 8.63. The highest BCUT2D eigenvalue weighted by molar-refractivity contribution is 6.42. The molecule has 1 heterocycles. The van der Waals surface area contributed by atoms with Crippen molar-refractivity contribution in [1.82, 2.24) is 0 Å². The number of ether oxygens (including phenoxy) is 3. The molecule has 0 aliphatic carbocycles. The van der Waals surface area contributed by atoms with Crippen LogP contribution >= 0.6 is 23.2 Å². The Labute approximate surface area is 184 Å². The number of benzene rings is 2. The van der Waals surface area contributed by atoms with Crippen molar-refractivity contribution in [3.05, 3.63) is 45.9 Å². The Balaban J connectivity index is 1.90. The standard InChI is InChI=1S/C21H24Cl2O7/c1-10-6-11(12-7-13(22)14(23)8-16(12)28-3)4-5-15(10)29-20-21(2,27)19(26)18(25)17(9-24)30-20/h4-8,17-20,24-27H,9H2,1-3H3/t17?,18-,19+,20+,21+/m1/s1. The van der Waals surface area contributed by atoms with Crippen molar-refractivity contribution >= 4 is 23.2 Å². The number of hydrogen-bond donors (Lipinski definition) is 4. The van der Waals surface area contributed by atoms with Crippen molar-refractivity contribution in [2.24, 2.45) is 0 Å². The minimum atomic E-state index is -1.90. The van der Waals surface area contributed by atoms with Crippen molar-refractivity contribution < 1.29 is 34.6 Å². The van der Waals surface area contributed by atoms with Crippen molar-refractivity contribution in [1.29, 1.82) is 0 Å². The van der Waals surface area contributed by atoms with E-state index in [4.69, 9.17) is 37.4 Å². The van der Waals surface area contributed by atoms with E-state index in [1.807, 2.05) is 6.07 Å². The molecule has 0 radical (unpaired) electrons. The number of halogens is 2. The van der Waals surface area contributed by atoms with E-state index in [0.717, 1.165) is 11.1 Å². The van der Waals surface area contributed by atoms with E-state index in [-0.39, 0.29) is 0 Å². The summed E-state index contributed by atoms with van der Waals surface area (Å²) in [6.07, 6.45) is -5.41. The van der Waals surface area contributed by atoms with Crippen LogP contribution in [0.5, 0.6) is 11.5 Å². The van der Waals surface area contributed by atoms with Gasteiger partial charge in [-0.2, -0.15) is 0 Å². The Morgan fingerprint density at radius 3 is 2.37 bits per heavy atom. The van der Waals surface area contributed by atoms with Crippen LogP contribution in [0.25, 0.3) is 11.1 Å². The summed E-state index contributed by atoms with van der Waals surface area (Å²) in [4.78, 5) is 0. The van der Waals surface area contributed by atoms with E-state index in [2.05, 4.69) is 0 Å². The highest BCUT2D eigenvalue weighted by Crippen LogP contribution is 2.39. The molecular weight excluding hydrogens is 435 g/mol. The fourth-order valence-corrected chi connectivity index (χ4v) is 3.67. The third kappa shape index (κ3) is 4.24. The maximum absolute atomic E-state index is 10.6. The molecule has 1 aliphatic heterocycles. The topological polar surface area (TPSA) is 109 Å². The Bertz CT molecular complexity index is 918. The third-order valence-electron chi connectivity index (χ3n) is 5.22. The average Bonchev–Trinajstić information content (AvgIpc) is 2.71. The molecule has 0 aromatic heterocycles. The Morgan fingerprint density at radius 1 is 1.10 bits per heavy atom. The van der Waals surface area contributed by atoms with Gasteiger partial charge >= 0.3 is 0 Å². The summed E-state index contributed by atoms with van der Waals surface area (Å²) in [7, 11) is 1.53. The molecule has 0 saturated carbocycles. The second-order valence-corrected chi connectivity index (χ2v) is 8.23. The lowest BCUT2D eigenvalue weighted by molar-refractivity contribution is -0.314. The van der Waals surface area contributed by atoms with Gasteiger partial charge in [-0.05, 0) is 43.2 Å². The van der Waals surface area contributed by atoms with Crippen LogP contribution in [0.4, 0.5) is 0 Å². The lowest BCUT2D eigenvalue weighted by Gasteiger charge is -2.45. The Morgan fingerprint density at radius 2 is 1.77 bits per heavy atom. The first-order chi connectivity index (χ1) is 14.1. The summed E-state index contributed by atoms with van der Waals surface area (Å²) in [5, 5.41) is 41.0. The van der Waals surface area contributed by atoms with Crippen LogP contribution in [-0.2, 0) is 4.74 Å². The summed E-state index contributed by atoms with van der Waals surface area (Å²) < 4.78 is 16.7. The Hall–Kier alpha value is -1.58.